The lowest BCUT2D eigenvalue weighted by molar-refractivity contribution is -0.160. The predicted octanol–water partition coefficient (Wildman–Crippen LogP) is 4.21. The SMILES string of the molecule is CC1=C(OCC(F)(F)C(F)F)C(=O)N(C2=CC=C3NC=NC3C2)C1c1cccc(F)c1F. The number of benzene rings is 1. The Morgan fingerprint density at radius 2 is 2.03 bits per heavy atom. The Morgan fingerprint density at radius 3 is 2.75 bits per heavy atom. The molecule has 0 bridgehead atoms. The maximum absolute atomic E-state index is 14.7. The summed E-state index contributed by atoms with van der Waals surface area (Å²) in [7, 11) is 0. The molecule has 0 aromatic heterocycles. The molecule has 1 N–H and O–H groups in total. The van der Waals surface area contributed by atoms with Gasteiger partial charge < -0.3 is 10.1 Å². The highest BCUT2D eigenvalue weighted by atomic mass is 19.3. The standard InChI is InChI=1S/C21H17F6N3O2/c1-10-17(12-3-2-4-13(22)16(12)23)30(11-5-6-14-15(7-11)29-9-28-14)19(31)18(10)32-8-21(26,27)20(24)25/h2-6,9,15,17,20H,7-8H2,1H3,(H,28,29). The Labute approximate surface area is 178 Å². The number of hydrogen-bond donors (Lipinski definition) is 1. The number of fused-ring (bicyclic) bond motifs is 1. The number of nitrogens with zero attached hydrogens (tertiary/aromatic N) is 2. The second-order valence-electron chi connectivity index (χ2n) is 7.51. The Balaban J connectivity index is 1.74. The molecule has 1 amide bonds. The van der Waals surface area contributed by atoms with Gasteiger partial charge in [-0.25, -0.2) is 17.6 Å². The molecule has 4 rings (SSSR count). The maximum atomic E-state index is 14.7. The van der Waals surface area contributed by atoms with Gasteiger partial charge in [-0.3, -0.25) is 14.7 Å². The van der Waals surface area contributed by atoms with Crippen molar-refractivity contribution in [2.45, 2.75) is 37.8 Å². The molecule has 0 fully saturated rings. The first-order valence-corrected chi connectivity index (χ1v) is 9.57. The van der Waals surface area contributed by atoms with Gasteiger partial charge in [0.1, 0.15) is 0 Å². The molecule has 2 heterocycles. The van der Waals surface area contributed by atoms with Gasteiger partial charge in [-0.05, 0) is 25.1 Å². The highest BCUT2D eigenvalue weighted by molar-refractivity contribution is 5.97. The van der Waals surface area contributed by atoms with Crippen molar-refractivity contribution in [1.82, 2.24) is 10.2 Å². The summed E-state index contributed by atoms with van der Waals surface area (Å²) in [5.41, 5.74) is 0.899. The molecule has 11 heteroatoms. The van der Waals surface area contributed by atoms with Gasteiger partial charge in [-0.1, -0.05) is 12.1 Å². The lowest BCUT2D eigenvalue weighted by atomic mass is 9.97. The number of amides is 1. The lowest BCUT2D eigenvalue weighted by Crippen LogP contribution is -2.35. The van der Waals surface area contributed by atoms with Crippen molar-refractivity contribution in [3.63, 3.8) is 0 Å². The second kappa shape index (κ2) is 8.03. The van der Waals surface area contributed by atoms with E-state index < -0.39 is 48.3 Å². The number of rotatable bonds is 6. The third kappa shape index (κ3) is 3.65. The summed E-state index contributed by atoms with van der Waals surface area (Å²) in [5, 5.41) is 2.93. The third-order valence-corrected chi connectivity index (χ3v) is 5.46. The van der Waals surface area contributed by atoms with Gasteiger partial charge in [0.25, 0.3) is 5.91 Å². The minimum absolute atomic E-state index is 0.00621. The topological polar surface area (TPSA) is 53.9 Å². The molecule has 1 aromatic carbocycles. The van der Waals surface area contributed by atoms with Crippen LogP contribution in [0, 0.1) is 11.6 Å². The average molecular weight is 457 g/mol. The van der Waals surface area contributed by atoms with Crippen LogP contribution in [0.2, 0.25) is 0 Å². The van der Waals surface area contributed by atoms with Crippen molar-refractivity contribution >= 4 is 12.2 Å². The van der Waals surface area contributed by atoms with Crippen molar-refractivity contribution in [2.24, 2.45) is 4.99 Å². The molecule has 0 saturated heterocycles. The van der Waals surface area contributed by atoms with Crippen molar-refractivity contribution < 1.29 is 35.9 Å². The smallest absolute Gasteiger partial charge is 0.340 e. The summed E-state index contributed by atoms with van der Waals surface area (Å²) in [6.07, 6.45) is 0.918. The summed E-state index contributed by atoms with van der Waals surface area (Å²) in [4.78, 5) is 18.5. The number of carbonyl (C=O) groups is 1. The molecule has 32 heavy (non-hydrogen) atoms. The van der Waals surface area contributed by atoms with E-state index in [1.807, 2.05) is 0 Å². The van der Waals surface area contributed by atoms with Gasteiger partial charge in [0.2, 0.25) is 0 Å². The van der Waals surface area contributed by atoms with E-state index in [0.29, 0.717) is 5.70 Å². The van der Waals surface area contributed by atoms with Gasteiger partial charge in [-0.15, -0.1) is 0 Å². The number of carbonyl (C=O) groups excluding carboxylic acids is 1. The highest BCUT2D eigenvalue weighted by Crippen LogP contribution is 2.44. The largest absolute Gasteiger partial charge is 0.481 e. The van der Waals surface area contributed by atoms with E-state index in [1.54, 1.807) is 12.2 Å². The molecule has 3 aliphatic rings. The van der Waals surface area contributed by atoms with E-state index >= 15 is 0 Å². The maximum Gasteiger partial charge on any atom is 0.340 e. The minimum atomic E-state index is -4.49. The molecule has 0 saturated carbocycles. The minimum Gasteiger partial charge on any atom is -0.481 e. The van der Waals surface area contributed by atoms with Crippen LogP contribution in [-0.2, 0) is 9.53 Å². The molecule has 2 unspecified atom stereocenters. The molecule has 170 valence electrons. The van der Waals surface area contributed by atoms with Gasteiger partial charge in [0.05, 0.1) is 18.4 Å². The number of ether oxygens (including phenoxy) is 1. The molecule has 1 aromatic rings. The van der Waals surface area contributed by atoms with Crippen LogP contribution in [0.15, 0.2) is 58.1 Å². The number of nitrogens with one attached hydrogen (secondary N) is 1. The van der Waals surface area contributed by atoms with Crippen LogP contribution in [0.4, 0.5) is 26.3 Å². The van der Waals surface area contributed by atoms with Crippen molar-refractivity contribution in [2.75, 3.05) is 6.61 Å². The summed E-state index contributed by atoms with van der Waals surface area (Å²) in [5.74, 6) is -8.40. The summed E-state index contributed by atoms with van der Waals surface area (Å²) in [6.45, 7) is -0.419. The highest BCUT2D eigenvalue weighted by Gasteiger charge is 2.47. The Morgan fingerprint density at radius 1 is 1.28 bits per heavy atom. The number of alkyl halides is 4. The molecule has 2 atom stereocenters. The molecule has 2 aliphatic heterocycles. The number of hydrogen-bond acceptors (Lipinski definition) is 4. The summed E-state index contributed by atoms with van der Waals surface area (Å²) in [6, 6.07) is 1.84. The zero-order valence-corrected chi connectivity index (χ0v) is 16.6. The zero-order chi connectivity index (χ0) is 23.2. The number of allylic oxidation sites excluding steroid dienone is 2. The fourth-order valence-electron chi connectivity index (χ4n) is 3.85. The zero-order valence-electron chi connectivity index (χ0n) is 16.6. The molecule has 0 radical (unpaired) electrons. The van der Waals surface area contributed by atoms with Gasteiger partial charge >= 0.3 is 12.3 Å². The van der Waals surface area contributed by atoms with E-state index in [1.165, 1.54) is 25.4 Å². The Bertz CT molecular complexity index is 1080. The normalized spacial score (nSPS) is 22.9. The molecule has 0 spiro atoms. The van der Waals surface area contributed by atoms with Crippen molar-refractivity contribution in [3.8, 4) is 0 Å². The first-order chi connectivity index (χ1) is 15.1. The first-order valence-electron chi connectivity index (χ1n) is 9.57. The summed E-state index contributed by atoms with van der Waals surface area (Å²) < 4.78 is 85.4. The number of halogens is 6. The predicted molar refractivity (Wildman–Crippen MR) is 102 cm³/mol. The third-order valence-electron chi connectivity index (χ3n) is 5.46. The molecule has 5 nitrogen and oxygen atoms in total. The van der Waals surface area contributed by atoms with Crippen molar-refractivity contribution in [1.29, 1.82) is 0 Å². The average Bonchev–Trinajstić information content (AvgIpc) is 3.30. The molecule has 1 aliphatic carbocycles. The Kier molecular flexibility index (Phi) is 5.51. The van der Waals surface area contributed by atoms with E-state index in [2.05, 4.69) is 10.3 Å². The van der Waals surface area contributed by atoms with E-state index in [-0.39, 0.29) is 23.6 Å². The fraction of sp³-hybridized carbons (Fsp3) is 0.333. The summed E-state index contributed by atoms with van der Waals surface area (Å²) >= 11 is 0. The lowest BCUT2D eigenvalue weighted by Gasteiger charge is -2.31. The van der Waals surface area contributed by atoms with Crippen LogP contribution < -0.4 is 5.32 Å². The Hall–Kier alpha value is -3.24. The second-order valence-corrected chi connectivity index (χ2v) is 7.51. The molecular formula is C21H17F6N3O2. The van der Waals surface area contributed by atoms with Crippen LogP contribution in [-0.4, -0.2) is 42.1 Å². The van der Waals surface area contributed by atoms with E-state index in [9.17, 15) is 31.1 Å². The van der Waals surface area contributed by atoms with Crippen LogP contribution in [0.5, 0.6) is 0 Å². The quantitative estimate of drug-likeness (QED) is 0.652. The molecular weight excluding hydrogens is 440 g/mol. The van der Waals surface area contributed by atoms with Crippen LogP contribution in [0.25, 0.3) is 0 Å². The van der Waals surface area contributed by atoms with Crippen LogP contribution >= 0.6 is 0 Å². The van der Waals surface area contributed by atoms with Crippen molar-refractivity contribution in [3.05, 3.63) is 70.3 Å². The fourth-order valence-corrected chi connectivity index (χ4v) is 3.85. The van der Waals surface area contributed by atoms with Gasteiger partial charge in [0.15, 0.2) is 24.0 Å². The first kappa shape index (κ1) is 22.0. The van der Waals surface area contributed by atoms with E-state index in [0.717, 1.165) is 16.7 Å². The van der Waals surface area contributed by atoms with Gasteiger partial charge in [0, 0.05) is 29.0 Å². The number of aliphatic imine (C=N–C) groups is 1. The van der Waals surface area contributed by atoms with Crippen LogP contribution in [0.1, 0.15) is 24.9 Å². The van der Waals surface area contributed by atoms with Crippen LogP contribution in [0.3, 0.4) is 0 Å². The monoisotopic (exact) mass is 457 g/mol. The van der Waals surface area contributed by atoms with Gasteiger partial charge in [-0.2, -0.15) is 8.78 Å². The van der Waals surface area contributed by atoms with E-state index in [4.69, 9.17) is 4.74 Å².